The average Bonchev–Trinajstić information content (AvgIpc) is 3.43. The number of nitrogens with zero attached hydrogens (tertiary/aromatic N) is 2. The number of benzene rings is 1. The fourth-order valence-corrected chi connectivity index (χ4v) is 4.34. The summed E-state index contributed by atoms with van der Waals surface area (Å²) in [4.78, 5) is 42.5. The molecule has 0 saturated heterocycles. The number of carbonyl (C=O) groups is 3. The lowest BCUT2D eigenvalue weighted by atomic mass is 10.1. The van der Waals surface area contributed by atoms with Crippen LogP contribution in [0.1, 0.15) is 36.8 Å². The van der Waals surface area contributed by atoms with Crippen LogP contribution in [0.3, 0.4) is 0 Å². The predicted molar refractivity (Wildman–Crippen MR) is 107 cm³/mol. The third-order valence-corrected chi connectivity index (χ3v) is 5.81. The number of fused-ring (bicyclic) bond motifs is 1. The topological polar surface area (TPSA) is 76.6 Å². The summed E-state index contributed by atoms with van der Waals surface area (Å²) in [6.45, 7) is 3.71. The van der Waals surface area contributed by atoms with Gasteiger partial charge in [0.15, 0.2) is 0 Å². The van der Waals surface area contributed by atoms with Crippen LogP contribution in [0.5, 0.6) is 0 Å². The number of aromatic nitrogens is 1. The predicted octanol–water partition coefficient (Wildman–Crippen LogP) is 4.01. The minimum atomic E-state index is -0.574. The maximum atomic E-state index is 12.4. The molecule has 3 aromatic rings. The molecular formula is C20H14N2O4S2. The first-order valence-electron chi connectivity index (χ1n) is 8.33. The van der Waals surface area contributed by atoms with E-state index in [-0.39, 0.29) is 35.7 Å². The van der Waals surface area contributed by atoms with E-state index in [9.17, 15) is 14.4 Å². The van der Waals surface area contributed by atoms with Gasteiger partial charge >= 0.3 is 5.97 Å². The van der Waals surface area contributed by atoms with Gasteiger partial charge < -0.3 is 4.74 Å². The minimum Gasteiger partial charge on any atom is -0.456 e. The highest BCUT2D eigenvalue weighted by Gasteiger charge is 2.35. The molecule has 140 valence electrons. The number of ether oxygens (including phenoxy) is 1. The summed E-state index contributed by atoms with van der Waals surface area (Å²) in [6, 6.07) is 6.35. The van der Waals surface area contributed by atoms with Gasteiger partial charge in [-0.1, -0.05) is 6.08 Å². The molecule has 0 N–H and O–H groups in total. The van der Waals surface area contributed by atoms with Crippen molar-refractivity contribution in [3.63, 3.8) is 0 Å². The maximum absolute atomic E-state index is 12.4. The largest absolute Gasteiger partial charge is 0.456 e. The number of rotatable bonds is 6. The van der Waals surface area contributed by atoms with Gasteiger partial charge in [0.1, 0.15) is 11.6 Å². The van der Waals surface area contributed by atoms with Gasteiger partial charge in [-0.15, -0.1) is 17.9 Å². The van der Waals surface area contributed by atoms with Crippen molar-refractivity contribution in [3.05, 3.63) is 75.4 Å². The lowest BCUT2D eigenvalue weighted by Crippen LogP contribution is -2.29. The quantitative estimate of drug-likeness (QED) is 0.349. The van der Waals surface area contributed by atoms with Crippen LogP contribution in [-0.4, -0.2) is 34.2 Å². The second-order valence-electron chi connectivity index (χ2n) is 6.00. The standard InChI is InChI=1S/C20H14N2O4S2/c1-2-6-22-18(23)15-4-3-12(8-16(15)19(22)24)20(25)26-9-14-11-28-17(21-14)13-5-7-27-10-13/h2-5,7-8,10-11H,1,6,9H2. The zero-order valence-corrected chi connectivity index (χ0v) is 16.2. The van der Waals surface area contributed by atoms with Crippen molar-refractivity contribution in [3.8, 4) is 10.6 Å². The average molecular weight is 410 g/mol. The minimum absolute atomic E-state index is 0.0338. The Labute approximate surface area is 168 Å². The SMILES string of the molecule is C=CCN1C(=O)c2ccc(C(=O)OCc3csc(-c4ccsc4)n3)cc2C1=O. The number of carbonyl (C=O) groups excluding carboxylic acids is 3. The second kappa shape index (κ2) is 7.49. The molecule has 0 fully saturated rings. The summed E-state index contributed by atoms with van der Waals surface area (Å²) in [6.07, 6.45) is 1.48. The molecule has 3 heterocycles. The first kappa shape index (κ1) is 18.3. The van der Waals surface area contributed by atoms with E-state index in [2.05, 4.69) is 11.6 Å². The molecule has 1 aliphatic heterocycles. The summed E-state index contributed by atoms with van der Waals surface area (Å²) < 4.78 is 5.32. The van der Waals surface area contributed by atoms with Crippen LogP contribution in [-0.2, 0) is 11.3 Å². The van der Waals surface area contributed by atoms with Crippen molar-refractivity contribution < 1.29 is 19.1 Å². The normalized spacial score (nSPS) is 12.9. The molecule has 2 aromatic heterocycles. The Kier molecular flexibility index (Phi) is 4.89. The Morgan fingerprint density at radius 2 is 2.00 bits per heavy atom. The zero-order valence-electron chi connectivity index (χ0n) is 14.6. The molecule has 0 spiro atoms. The van der Waals surface area contributed by atoms with Crippen LogP contribution in [0.25, 0.3) is 10.6 Å². The van der Waals surface area contributed by atoms with E-state index < -0.39 is 11.9 Å². The van der Waals surface area contributed by atoms with Crippen LogP contribution in [0.15, 0.2) is 53.1 Å². The summed E-state index contributed by atoms with van der Waals surface area (Å²) >= 11 is 3.08. The summed E-state index contributed by atoms with van der Waals surface area (Å²) in [5.41, 5.74) is 2.40. The van der Waals surface area contributed by atoms with Gasteiger partial charge in [-0.3, -0.25) is 14.5 Å². The van der Waals surface area contributed by atoms with Crippen molar-refractivity contribution >= 4 is 40.5 Å². The number of hydrogen-bond donors (Lipinski definition) is 0. The molecule has 2 amide bonds. The van der Waals surface area contributed by atoms with Crippen molar-refractivity contribution in [1.29, 1.82) is 0 Å². The van der Waals surface area contributed by atoms with Crippen LogP contribution < -0.4 is 0 Å². The Morgan fingerprint density at radius 1 is 1.18 bits per heavy atom. The monoisotopic (exact) mass is 410 g/mol. The smallest absolute Gasteiger partial charge is 0.338 e. The van der Waals surface area contributed by atoms with Crippen molar-refractivity contribution in [2.45, 2.75) is 6.61 Å². The highest BCUT2D eigenvalue weighted by atomic mass is 32.1. The van der Waals surface area contributed by atoms with E-state index in [1.165, 1.54) is 35.6 Å². The van der Waals surface area contributed by atoms with Gasteiger partial charge in [-0.25, -0.2) is 9.78 Å². The Morgan fingerprint density at radius 3 is 2.75 bits per heavy atom. The van der Waals surface area contributed by atoms with E-state index in [4.69, 9.17) is 4.74 Å². The number of esters is 1. The molecule has 0 saturated carbocycles. The van der Waals surface area contributed by atoms with Gasteiger partial charge in [0, 0.05) is 22.9 Å². The van der Waals surface area contributed by atoms with Gasteiger partial charge in [0.2, 0.25) is 0 Å². The first-order chi connectivity index (χ1) is 13.6. The van der Waals surface area contributed by atoms with Gasteiger partial charge in [0.25, 0.3) is 11.8 Å². The molecule has 0 radical (unpaired) electrons. The number of thiazole rings is 1. The number of amides is 2. The van der Waals surface area contributed by atoms with E-state index in [0.717, 1.165) is 15.5 Å². The maximum Gasteiger partial charge on any atom is 0.338 e. The van der Waals surface area contributed by atoms with E-state index in [1.54, 1.807) is 11.3 Å². The van der Waals surface area contributed by atoms with Crippen molar-refractivity contribution in [2.24, 2.45) is 0 Å². The fraction of sp³-hybridized carbons (Fsp3) is 0.100. The molecule has 28 heavy (non-hydrogen) atoms. The molecule has 6 nitrogen and oxygen atoms in total. The Hall–Kier alpha value is -3.10. The summed E-state index contributed by atoms with van der Waals surface area (Å²) in [7, 11) is 0. The van der Waals surface area contributed by atoms with Crippen molar-refractivity contribution in [1.82, 2.24) is 9.88 Å². The third kappa shape index (κ3) is 3.28. The number of thiophene rings is 1. The molecule has 0 aliphatic carbocycles. The van der Waals surface area contributed by atoms with Gasteiger partial charge in [0.05, 0.1) is 22.4 Å². The Balaban J connectivity index is 1.46. The molecule has 0 bridgehead atoms. The van der Waals surface area contributed by atoms with E-state index >= 15 is 0 Å². The summed E-state index contributed by atoms with van der Waals surface area (Å²) in [5.74, 6) is -1.40. The third-order valence-electron chi connectivity index (χ3n) is 4.19. The van der Waals surface area contributed by atoms with Crippen LogP contribution in [0.4, 0.5) is 0 Å². The molecule has 0 unspecified atom stereocenters. The van der Waals surface area contributed by atoms with Gasteiger partial charge in [-0.05, 0) is 29.6 Å². The zero-order chi connectivity index (χ0) is 19.7. The molecule has 4 rings (SSSR count). The lowest BCUT2D eigenvalue weighted by molar-refractivity contribution is 0.0468. The first-order valence-corrected chi connectivity index (χ1v) is 10.2. The van der Waals surface area contributed by atoms with E-state index in [1.807, 2.05) is 22.2 Å². The highest BCUT2D eigenvalue weighted by Crippen LogP contribution is 2.27. The van der Waals surface area contributed by atoms with Crippen molar-refractivity contribution in [2.75, 3.05) is 6.54 Å². The van der Waals surface area contributed by atoms with Gasteiger partial charge in [-0.2, -0.15) is 11.3 Å². The molecule has 1 aromatic carbocycles. The van der Waals surface area contributed by atoms with Crippen LogP contribution in [0, 0.1) is 0 Å². The Bertz CT molecular complexity index is 1090. The lowest BCUT2D eigenvalue weighted by Gasteiger charge is -2.09. The molecule has 0 atom stereocenters. The molecular weight excluding hydrogens is 396 g/mol. The van der Waals surface area contributed by atoms with E-state index in [0.29, 0.717) is 5.69 Å². The molecule has 1 aliphatic rings. The molecule has 8 heteroatoms. The number of hydrogen-bond acceptors (Lipinski definition) is 7. The van der Waals surface area contributed by atoms with Crippen LogP contribution in [0.2, 0.25) is 0 Å². The van der Waals surface area contributed by atoms with Crippen LogP contribution >= 0.6 is 22.7 Å². The number of imide groups is 1. The fourth-order valence-electron chi connectivity index (χ4n) is 2.83. The highest BCUT2D eigenvalue weighted by molar-refractivity contribution is 7.14. The second-order valence-corrected chi connectivity index (χ2v) is 7.64. The summed E-state index contributed by atoms with van der Waals surface area (Å²) in [5, 5.41) is 6.70.